The minimum atomic E-state index is -1.18. The summed E-state index contributed by atoms with van der Waals surface area (Å²) in [5.41, 5.74) is 5.48. The van der Waals surface area contributed by atoms with Gasteiger partial charge >= 0.3 is 6.09 Å². The van der Waals surface area contributed by atoms with Gasteiger partial charge in [0.25, 0.3) is 0 Å². The molecule has 4 aromatic carbocycles. The Bertz CT molecular complexity index is 1580. The van der Waals surface area contributed by atoms with E-state index in [2.05, 4.69) is 10.6 Å². The molecule has 1 aliphatic rings. The summed E-state index contributed by atoms with van der Waals surface area (Å²) in [6.45, 7) is 3.44. The molecule has 3 N–H and O–H groups in total. The SMILES string of the molecule is Cc1cc(Cl)ccc1C(S)[C@@H]1CNC[C@@H](CCc2ccccc2NC(=O)[C@H](C(c2ccccc2)c2ccccc2)N(C)C(=O)O)O1. The number of rotatable bonds is 11. The average molecular weight is 658 g/mol. The van der Waals surface area contributed by atoms with Gasteiger partial charge in [-0.3, -0.25) is 9.69 Å². The van der Waals surface area contributed by atoms with Gasteiger partial charge in [0.05, 0.1) is 17.5 Å². The summed E-state index contributed by atoms with van der Waals surface area (Å²) in [4.78, 5) is 27.6. The molecule has 240 valence electrons. The fourth-order valence-electron chi connectivity index (χ4n) is 6.19. The molecule has 2 amide bonds. The van der Waals surface area contributed by atoms with Crippen LogP contribution in [-0.4, -0.2) is 60.4 Å². The maximum atomic E-state index is 14.1. The van der Waals surface area contributed by atoms with Crippen LogP contribution < -0.4 is 10.6 Å². The van der Waals surface area contributed by atoms with E-state index in [4.69, 9.17) is 29.0 Å². The molecule has 1 fully saturated rings. The van der Waals surface area contributed by atoms with Gasteiger partial charge in [0.2, 0.25) is 5.91 Å². The Morgan fingerprint density at radius 1 is 0.978 bits per heavy atom. The van der Waals surface area contributed by atoms with Crippen molar-refractivity contribution in [2.75, 3.05) is 25.5 Å². The van der Waals surface area contributed by atoms with Gasteiger partial charge in [0, 0.05) is 36.8 Å². The van der Waals surface area contributed by atoms with Crippen molar-refractivity contribution >= 4 is 41.9 Å². The molecular weight excluding hydrogens is 618 g/mol. The van der Waals surface area contributed by atoms with Crippen molar-refractivity contribution in [3.63, 3.8) is 0 Å². The lowest BCUT2D eigenvalue weighted by atomic mass is 9.84. The predicted molar refractivity (Wildman–Crippen MR) is 187 cm³/mol. The van der Waals surface area contributed by atoms with Gasteiger partial charge in [-0.1, -0.05) is 96.5 Å². The zero-order chi connectivity index (χ0) is 32.6. The molecule has 0 bridgehead atoms. The van der Waals surface area contributed by atoms with Crippen LogP contribution in [0.4, 0.5) is 10.5 Å². The molecule has 9 heteroatoms. The van der Waals surface area contributed by atoms with Crippen molar-refractivity contribution in [2.24, 2.45) is 0 Å². The van der Waals surface area contributed by atoms with E-state index in [0.29, 0.717) is 30.2 Å². The van der Waals surface area contributed by atoms with Crippen molar-refractivity contribution in [1.82, 2.24) is 10.2 Å². The minimum absolute atomic E-state index is 0.0452. The molecule has 4 atom stereocenters. The maximum absolute atomic E-state index is 14.1. The van der Waals surface area contributed by atoms with Crippen LogP contribution in [0.2, 0.25) is 5.02 Å². The van der Waals surface area contributed by atoms with Crippen LogP contribution >= 0.6 is 24.2 Å². The van der Waals surface area contributed by atoms with Crippen LogP contribution in [0, 0.1) is 6.92 Å². The molecule has 0 aliphatic carbocycles. The number of nitrogens with one attached hydrogen (secondary N) is 2. The fraction of sp³-hybridized carbons (Fsp3) is 0.297. The number of aryl methyl sites for hydroxylation is 2. The number of anilines is 1. The first-order valence-corrected chi connectivity index (χ1v) is 16.4. The van der Waals surface area contributed by atoms with E-state index in [9.17, 15) is 14.7 Å². The van der Waals surface area contributed by atoms with Crippen LogP contribution in [-0.2, 0) is 16.0 Å². The van der Waals surface area contributed by atoms with Gasteiger partial charge in [-0.2, -0.15) is 12.6 Å². The third-order valence-corrected chi connectivity index (χ3v) is 9.46. The Hall–Kier alpha value is -3.82. The van der Waals surface area contributed by atoms with Crippen molar-refractivity contribution in [2.45, 2.75) is 49.2 Å². The smallest absolute Gasteiger partial charge is 0.407 e. The second-order valence-corrected chi connectivity index (χ2v) is 12.7. The number of carbonyl (C=O) groups is 2. The van der Waals surface area contributed by atoms with E-state index < -0.39 is 24.0 Å². The lowest BCUT2D eigenvalue weighted by molar-refractivity contribution is -0.120. The predicted octanol–water partition coefficient (Wildman–Crippen LogP) is 7.36. The molecule has 4 aromatic rings. The third-order valence-electron chi connectivity index (χ3n) is 8.62. The number of ether oxygens (including phenoxy) is 1. The number of hydrogen-bond donors (Lipinski definition) is 4. The Kier molecular flexibility index (Phi) is 11.4. The summed E-state index contributed by atoms with van der Waals surface area (Å²) in [5.74, 6) is -0.922. The van der Waals surface area contributed by atoms with E-state index in [1.54, 1.807) is 0 Å². The molecule has 1 saturated heterocycles. The Morgan fingerprint density at radius 3 is 2.24 bits per heavy atom. The van der Waals surface area contributed by atoms with Gasteiger partial charge in [0.1, 0.15) is 6.04 Å². The second-order valence-electron chi connectivity index (χ2n) is 11.7. The standard InChI is InChI=1S/C37H40ClN3O4S/c1-24-21-28(38)18-20-30(24)35(46)32-23-39-22-29(45-32)19-17-25-11-9-10-16-31(25)40-36(42)34(41(2)37(43)44)33(26-12-5-3-6-13-26)27-14-7-4-8-15-27/h3-16,18,20-21,29,32-35,39,46H,17,19,22-23H2,1-2H3,(H,40,42)(H,43,44)/t29-,32+,34+,35?/m1/s1. The highest BCUT2D eigenvalue weighted by atomic mass is 35.5. The molecule has 0 saturated carbocycles. The molecule has 7 nitrogen and oxygen atoms in total. The monoisotopic (exact) mass is 657 g/mol. The molecule has 0 radical (unpaired) electrons. The number of halogens is 1. The molecule has 1 heterocycles. The zero-order valence-electron chi connectivity index (χ0n) is 26.0. The summed E-state index contributed by atoms with van der Waals surface area (Å²) in [6, 6.07) is 31.6. The van der Waals surface area contributed by atoms with Crippen LogP contribution in [0.3, 0.4) is 0 Å². The summed E-state index contributed by atoms with van der Waals surface area (Å²) in [6.07, 6.45) is 0.0462. The Labute approximate surface area is 281 Å². The summed E-state index contributed by atoms with van der Waals surface area (Å²) >= 11 is 11.1. The molecule has 5 rings (SSSR count). The number of morpholine rings is 1. The number of thiol groups is 1. The highest BCUT2D eigenvalue weighted by molar-refractivity contribution is 7.80. The van der Waals surface area contributed by atoms with E-state index >= 15 is 0 Å². The van der Waals surface area contributed by atoms with Crippen LogP contribution in [0.25, 0.3) is 0 Å². The molecule has 0 aromatic heterocycles. The van der Waals surface area contributed by atoms with Crippen LogP contribution in [0.15, 0.2) is 103 Å². The Morgan fingerprint density at radius 2 is 1.61 bits per heavy atom. The van der Waals surface area contributed by atoms with Crippen molar-refractivity contribution in [1.29, 1.82) is 0 Å². The highest BCUT2D eigenvalue weighted by Crippen LogP contribution is 2.34. The topological polar surface area (TPSA) is 90.9 Å². The number of hydrogen-bond acceptors (Lipinski definition) is 5. The summed E-state index contributed by atoms with van der Waals surface area (Å²) in [5, 5.41) is 17.3. The number of benzene rings is 4. The van der Waals surface area contributed by atoms with Gasteiger partial charge in [0.15, 0.2) is 0 Å². The van der Waals surface area contributed by atoms with E-state index in [-0.39, 0.29) is 17.5 Å². The first-order chi connectivity index (χ1) is 22.2. The highest BCUT2D eigenvalue weighted by Gasteiger charge is 2.37. The van der Waals surface area contributed by atoms with Crippen LogP contribution in [0.5, 0.6) is 0 Å². The summed E-state index contributed by atoms with van der Waals surface area (Å²) in [7, 11) is 1.45. The van der Waals surface area contributed by atoms with E-state index in [1.807, 2.05) is 110 Å². The number of carbonyl (C=O) groups excluding carboxylic acids is 1. The zero-order valence-corrected chi connectivity index (χ0v) is 27.6. The molecule has 46 heavy (non-hydrogen) atoms. The quantitative estimate of drug-likeness (QED) is 0.127. The average Bonchev–Trinajstić information content (AvgIpc) is 3.07. The van der Waals surface area contributed by atoms with Gasteiger partial charge in [-0.15, -0.1) is 0 Å². The molecule has 0 spiro atoms. The lowest BCUT2D eigenvalue weighted by Crippen LogP contribution is -2.48. The number of para-hydroxylation sites is 1. The van der Waals surface area contributed by atoms with E-state index in [1.165, 1.54) is 7.05 Å². The number of nitrogens with zero attached hydrogens (tertiary/aromatic N) is 1. The lowest BCUT2D eigenvalue weighted by Gasteiger charge is -2.35. The normalized spacial score (nSPS) is 17.7. The fourth-order valence-corrected chi connectivity index (χ4v) is 6.88. The second kappa shape index (κ2) is 15.6. The first kappa shape index (κ1) is 33.5. The van der Waals surface area contributed by atoms with Crippen molar-refractivity contribution in [3.8, 4) is 0 Å². The van der Waals surface area contributed by atoms with Gasteiger partial charge in [-0.25, -0.2) is 4.79 Å². The molecule has 1 aliphatic heterocycles. The summed E-state index contributed by atoms with van der Waals surface area (Å²) < 4.78 is 6.52. The number of likely N-dealkylation sites (N-methyl/N-ethyl adjacent to an activating group) is 1. The van der Waals surface area contributed by atoms with Crippen molar-refractivity contribution < 1.29 is 19.4 Å². The number of carboxylic acid groups (broad SMARTS) is 1. The van der Waals surface area contributed by atoms with Gasteiger partial charge in [-0.05, 0) is 65.8 Å². The van der Waals surface area contributed by atoms with Gasteiger partial charge < -0.3 is 20.5 Å². The minimum Gasteiger partial charge on any atom is -0.465 e. The van der Waals surface area contributed by atoms with Crippen LogP contribution in [0.1, 0.15) is 45.4 Å². The van der Waals surface area contributed by atoms with Crippen molar-refractivity contribution in [3.05, 3.63) is 136 Å². The number of amides is 2. The Balaban J connectivity index is 1.33. The third kappa shape index (κ3) is 8.12. The van der Waals surface area contributed by atoms with E-state index in [0.717, 1.165) is 39.1 Å². The molecular formula is C37H40ClN3O4S. The molecule has 1 unspecified atom stereocenters. The maximum Gasteiger partial charge on any atom is 0.407 e. The largest absolute Gasteiger partial charge is 0.465 e. The first-order valence-electron chi connectivity index (χ1n) is 15.5.